The van der Waals surface area contributed by atoms with Crippen molar-refractivity contribution in [3.05, 3.63) is 196 Å². The summed E-state index contributed by atoms with van der Waals surface area (Å²) < 4.78 is 0. The molecule has 4 aliphatic heterocycles. The zero-order valence-electron chi connectivity index (χ0n) is 38.4. The fourth-order valence-electron chi connectivity index (χ4n) is 6.91. The van der Waals surface area contributed by atoms with E-state index in [1.54, 1.807) is 0 Å². The summed E-state index contributed by atoms with van der Waals surface area (Å²) in [6, 6.07) is 24.2. The molecule has 4 unspecified atom stereocenters. The lowest BCUT2D eigenvalue weighted by Crippen LogP contribution is -2.44. The van der Waals surface area contributed by atoms with Crippen LogP contribution in [0.4, 0.5) is 0 Å². The highest BCUT2D eigenvalue weighted by atomic mass is 16.2. The van der Waals surface area contributed by atoms with Gasteiger partial charge in [-0.25, -0.2) is 0 Å². The fourth-order valence-corrected chi connectivity index (χ4v) is 6.91. The Balaban J connectivity index is 0.000000233. The number of carbonyl (C=O) groups excluding carboxylic acids is 8. The van der Waals surface area contributed by atoms with Crippen LogP contribution >= 0.6 is 0 Å². The molecule has 4 saturated heterocycles. The van der Waals surface area contributed by atoms with Gasteiger partial charge in [-0.1, -0.05) is 167 Å². The number of benzene rings is 3. The van der Waals surface area contributed by atoms with Gasteiger partial charge in [0.1, 0.15) is 13.3 Å². The lowest BCUT2D eigenvalue weighted by Gasteiger charge is -2.21. The summed E-state index contributed by atoms with van der Waals surface area (Å²) >= 11 is 0. The molecule has 3 aromatic carbocycles. The molecule has 4 fully saturated rings. The van der Waals surface area contributed by atoms with Gasteiger partial charge in [-0.2, -0.15) is 0 Å². The van der Waals surface area contributed by atoms with Crippen LogP contribution in [0, 0.1) is 23.7 Å². The van der Waals surface area contributed by atoms with Gasteiger partial charge >= 0.3 is 0 Å². The molecule has 0 N–H and O–H groups in total. The second-order valence-corrected chi connectivity index (χ2v) is 15.3. The van der Waals surface area contributed by atoms with Gasteiger partial charge in [0, 0.05) is 25.7 Å². The standard InChI is InChI=1S/2C13H14N2O4.3C10H10/c2*1-3-8-5-10(16)14(12(8)18)7-15-11(17)6-9(4-2)13(15)19;1-3-9-5-7-10(4-2)8-6-9;1-3-9-6-5-7-10(4-2)8-9;1-3-9-7-5-6-8-10(9)4-2/h2*3-4,8-9H,1-2,5-7H2;3*3-8H,1-2H2. The molecule has 0 radical (unpaired) electrons. The van der Waals surface area contributed by atoms with Crippen LogP contribution < -0.4 is 0 Å². The molecule has 12 heteroatoms. The first-order valence-electron chi connectivity index (χ1n) is 21.5. The monoisotopic (exact) mass is 914 g/mol. The second kappa shape index (κ2) is 26.5. The highest BCUT2D eigenvalue weighted by molar-refractivity contribution is 6.09. The van der Waals surface area contributed by atoms with Crippen LogP contribution in [0.5, 0.6) is 0 Å². The lowest BCUT2D eigenvalue weighted by molar-refractivity contribution is -0.151. The van der Waals surface area contributed by atoms with Crippen molar-refractivity contribution < 1.29 is 38.4 Å². The first-order chi connectivity index (χ1) is 32.6. The van der Waals surface area contributed by atoms with Crippen molar-refractivity contribution in [2.75, 3.05) is 13.3 Å². The summed E-state index contributed by atoms with van der Waals surface area (Å²) in [4.78, 5) is 98.0. The van der Waals surface area contributed by atoms with Gasteiger partial charge in [0.2, 0.25) is 47.3 Å². The van der Waals surface area contributed by atoms with E-state index in [4.69, 9.17) is 0 Å². The van der Waals surface area contributed by atoms with E-state index in [0.717, 1.165) is 53.0 Å². The second-order valence-electron chi connectivity index (χ2n) is 15.3. The average Bonchev–Trinajstić information content (AvgIpc) is 4.02. The molecular formula is C56H58N4O8. The number of rotatable bonds is 14. The van der Waals surface area contributed by atoms with Crippen molar-refractivity contribution in [1.82, 2.24) is 19.6 Å². The van der Waals surface area contributed by atoms with Gasteiger partial charge < -0.3 is 0 Å². The maximum absolute atomic E-state index is 11.9. The minimum Gasteiger partial charge on any atom is -0.274 e. The quantitative estimate of drug-likeness (QED) is 0.115. The maximum Gasteiger partial charge on any atom is 0.238 e. The Morgan fingerprint density at radius 3 is 0.824 bits per heavy atom. The average molecular weight is 915 g/mol. The third kappa shape index (κ3) is 14.1. The van der Waals surface area contributed by atoms with E-state index in [1.165, 1.54) is 24.3 Å². The van der Waals surface area contributed by atoms with Crippen molar-refractivity contribution >= 4 is 83.7 Å². The highest BCUT2D eigenvalue weighted by Crippen LogP contribution is 2.27. The topological polar surface area (TPSA) is 150 Å². The van der Waals surface area contributed by atoms with E-state index in [9.17, 15) is 38.4 Å². The molecule has 8 amide bonds. The number of likely N-dealkylation sites (tertiary alicyclic amines) is 4. The third-order valence-corrected chi connectivity index (χ3v) is 11.0. The molecule has 0 aliphatic carbocycles. The predicted octanol–water partition coefficient (Wildman–Crippen LogP) is 9.05. The summed E-state index contributed by atoms with van der Waals surface area (Å²) in [5, 5.41) is 0. The molecule has 68 heavy (non-hydrogen) atoms. The van der Waals surface area contributed by atoms with Gasteiger partial charge in [-0.3, -0.25) is 58.0 Å². The van der Waals surface area contributed by atoms with E-state index < -0.39 is 70.9 Å². The number of hydrogen-bond donors (Lipinski definition) is 0. The number of amides is 8. The van der Waals surface area contributed by atoms with Gasteiger partial charge in [0.05, 0.1) is 23.7 Å². The molecule has 4 aliphatic rings. The summed E-state index contributed by atoms with van der Waals surface area (Å²) in [6.45, 7) is 35.4. The molecule has 4 heterocycles. The number of carbonyl (C=O) groups is 8. The Labute approximate surface area is 399 Å². The molecule has 350 valence electrons. The van der Waals surface area contributed by atoms with Crippen LogP contribution in [0.15, 0.2) is 163 Å². The highest BCUT2D eigenvalue weighted by Gasteiger charge is 2.44. The summed E-state index contributed by atoms with van der Waals surface area (Å²) in [5.41, 5.74) is 6.83. The smallest absolute Gasteiger partial charge is 0.238 e. The Morgan fingerprint density at radius 2 is 0.618 bits per heavy atom. The van der Waals surface area contributed by atoms with Crippen LogP contribution in [0.2, 0.25) is 0 Å². The minimum absolute atomic E-state index is 0.0451. The van der Waals surface area contributed by atoms with E-state index in [1.807, 2.05) is 109 Å². The van der Waals surface area contributed by atoms with Crippen LogP contribution in [-0.2, 0) is 38.4 Å². The largest absolute Gasteiger partial charge is 0.274 e. The summed E-state index contributed by atoms with van der Waals surface area (Å²) in [6.07, 6.45) is 16.8. The predicted molar refractivity (Wildman–Crippen MR) is 270 cm³/mol. The van der Waals surface area contributed by atoms with Gasteiger partial charge in [0.25, 0.3) is 0 Å². The zero-order valence-corrected chi connectivity index (χ0v) is 38.4. The van der Waals surface area contributed by atoms with Crippen molar-refractivity contribution in [3.8, 4) is 0 Å². The molecule has 4 atom stereocenters. The molecule has 12 nitrogen and oxygen atoms in total. The Bertz CT molecular complexity index is 2260. The SMILES string of the molecule is C=CC1CC(=O)N(CN2C(=O)CC(C=C)C2=O)C1=O.C=CC1CC(=O)N(CN2C(=O)CC(C=C)C2=O)C1=O.C=Cc1ccc(C=C)cc1.C=Cc1cccc(C=C)c1.C=Cc1ccccc1C=C. The Morgan fingerprint density at radius 1 is 0.353 bits per heavy atom. The van der Waals surface area contributed by atoms with Crippen molar-refractivity contribution in [2.24, 2.45) is 23.7 Å². The minimum atomic E-state index is -0.560. The van der Waals surface area contributed by atoms with Crippen LogP contribution in [0.1, 0.15) is 59.1 Å². The van der Waals surface area contributed by atoms with Gasteiger partial charge in [-0.05, 0) is 39.4 Å². The first-order valence-corrected chi connectivity index (χ1v) is 21.5. The summed E-state index contributed by atoms with van der Waals surface area (Å²) in [5.74, 6) is -5.46. The van der Waals surface area contributed by atoms with Gasteiger partial charge in [-0.15, -0.1) is 26.3 Å². The molecule has 0 aromatic heterocycles. The first kappa shape index (κ1) is 54.0. The van der Waals surface area contributed by atoms with Crippen LogP contribution in [-0.4, -0.2) is 80.2 Å². The fraction of sp³-hybridized carbons (Fsp3) is 0.179. The van der Waals surface area contributed by atoms with Crippen LogP contribution in [0.25, 0.3) is 36.5 Å². The number of hydrogen-bond acceptors (Lipinski definition) is 8. The normalized spacial score (nSPS) is 19.2. The molecule has 3 aromatic rings. The maximum atomic E-state index is 11.9. The Kier molecular flexibility index (Phi) is 21.1. The van der Waals surface area contributed by atoms with Crippen molar-refractivity contribution in [2.45, 2.75) is 25.7 Å². The van der Waals surface area contributed by atoms with E-state index in [-0.39, 0.29) is 39.0 Å². The zero-order chi connectivity index (χ0) is 50.5. The number of imide groups is 4. The van der Waals surface area contributed by atoms with E-state index >= 15 is 0 Å². The van der Waals surface area contributed by atoms with Crippen molar-refractivity contribution in [1.29, 1.82) is 0 Å². The number of nitrogens with zero attached hydrogens (tertiary/aromatic N) is 4. The molecule has 7 rings (SSSR count). The molecule has 0 bridgehead atoms. The Hall–Kier alpha value is -8.38. The molecule has 0 saturated carbocycles. The van der Waals surface area contributed by atoms with E-state index in [2.05, 4.69) is 65.8 Å². The molecular weight excluding hydrogens is 857 g/mol. The third-order valence-electron chi connectivity index (χ3n) is 11.0. The van der Waals surface area contributed by atoms with Crippen molar-refractivity contribution in [3.63, 3.8) is 0 Å². The molecule has 0 spiro atoms. The van der Waals surface area contributed by atoms with E-state index in [0.29, 0.717) is 0 Å². The van der Waals surface area contributed by atoms with Gasteiger partial charge in [0.15, 0.2) is 0 Å². The summed E-state index contributed by atoms with van der Waals surface area (Å²) in [7, 11) is 0. The lowest BCUT2D eigenvalue weighted by atomic mass is 10.1. The van der Waals surface area contributed by atoms with Crippen LogP contribution in [0.3, 0.4) is 0 Å².